The molecule has 0 bridgehead atoms. The molecule has 1 aromatic heterocycles. The Morgan fingerprint density at radius 1 is 0.857 bits per heavy atom. The van der Waals surface area contributed by atoms with Gasteiger partial charge in [-0.25, -0.2) is 0 Å². The molecule has 2 atom stereocenters. The normalized spacial score (nSPS) is 21.0. The Labute approximate surface area is 136 Å². The number of benzene rings is 2. The van der Waals surface area contributed by atoms with Crippen molar-refractivity contribution >= 4 is 29.7 Å². The van der Waals surface area contributed by atoms with Gasteiger partial charge in [0, 0.05) is 0 Å². The predicted molar refractivity (Wildman–Crippen MR) is 85.9 cm³/mol. The van der Waals surface area contributed by atoms with Crippen LogP contribution in [0.25, 0.3) is 0 Å². The molecule has 0 amide bonds. The minimum atomic E-state index is 0.221. The van der Waals surface area contributed by atoms with Gasteiger partial charge in [0.25, 0.3) is 0 Å². The fraction of sp³-hybridized carbons (Fsp3) is 0.176. The van der Waals surface area contributed by atoms with Crippen molar-refractivity contribution in [2.45, 2.75) is 16.1 Å². The standard InChI is InChI=1S/C17H14N2Se2/c1-3-7-12(8-4-1)15-11-14-17(21-19-18-14)16(20-15)13-9-5-2-6-10-13/h1-10,15-16H,11H2. The molecule has 2 nitrogen and oxygen atoms in total. The number of aromatic nitrogens is 2. The van der Waals surface area contributed by atoms with Gasteiger partial charge in [0.15, 0.2) is 0 Å². The Bertz CT molecular complexity index is 725. The second-order valence-corrected chi connectivity index (χ2v) is 9.52. The molecule has 0 fully saturated rings. The third-order valence-corrected chi connectivity index (χ3v) is 9.52. The molecule has 0 radical (unpaired) electrons. The van der Waals surface area contributed by atoms with Crippen LogP contribution in [-0.2, 0) is 6.42 Å². The second kappa shape index (κ2) is 5.90. The van der Waals surface area contributed by atoms with Crippen molar-refractivity contribution in [1.29, 1.82) is 0 Å². The van der Waals surface area contributed by atoms with Crippen LogP contribution in [0.4, 0.5) is 0 Å². The summed E-state index contributed by atoms with van der Waals surface area (Å²) in [4.78, 5) is 1.18. The van der Waals surface area contributed by atoms with Gasteiger partial charge >= 0.3 is 137 Å². The van der Waals surface area contributed by atoms with Gasteiger partial charge in [0.05, 0.1) is 0 Å². The minimum absolute atomic E-state index is 0.221. The van der Waals surface area contributed by atoms with Crippen molar-refractivity contribution in [3.63, 3.8) is 0 Å². The van der Waals surface area contributed by atoms with E-state index in [1.54, 1.807) is 0 Å². The molecule has 3 aromatic rings. The second-order valence-electron chi connectivity index (χ2n) is 5.11. The Hall–Kier alpha value is -1.18. The first kappa shape index (κ1) is 13.5. The topological polar surface area (TPSA) is 25.8 Å². The predicted octanol–water partition coefficient (Wildman–Crippen LogP) is 2.62. The van der Waals surface area contributed by atoms with Gasteiger partial charge in [0.1, 0.15) is 0 Å². The zero-order valence-corrected chi connectivity index (χ0v) is 14.8. The summed E-state index contributed by atoms with van der Waals surface area (Å²) in [5.41, 5.74) is 4.17. The van der Waals surface area contributed by atoms with E-state index >= 15 is 0 Å². The molecule has 2 unspecified atom stereocenters. The zero-order valence-electron chi connectivity index (χ0n) is 11.3. The molecule has 1 aliphatic heterocycles. The molecule has 0 N–H and O–H groups in total. The van der Waals surface area contributed by atoms with Crippen LogP contribution >= 0.6 is 0 Å². The van der Waals surface area contributed by atoms with Crippen LogP contribution < -0.4 is 0 Å². The summed E-state index contributed by atoms with van der Waals surface area (Å²) >= 11 is 0.748. The first-order valence-electron chi connectivity index (χ1n) is 6.98. The van der Waals surface area contributed by atoms with Crippen LogP contribution in [0.1, 0.15) is 30.9 Å². The van der Waals surface area contributed by atoms with E-state index in [1.165, 1.54) is 21.3 Å². The van der Waals surface area contributed by atoms with E-state index in [1.807, 2.05) is 0 Å². The van der Waals surface area contributed by atoms with Crippen LogP contribution in [0.3, 0.4) is 0 Å². The van der Waals surface area contributed by atoms with E-state index in [0.29, 0.717) is 24.6 Å². The van der Waals surface area contributed by atoms with Crippen LogP contribution in [0.5, 0.6) is 0 Å². The Balaban J connectivity index is 1.74. The van der Waals surface area contributed by atoms with Gasteiger partial charge < -0.3 is 0 Å². The fourth-order valence-electron chi connectivity index (χ4n) is 2.73. The van der Waals surface area contributed by atoms with E-state index in [4.69, 9.17) is 0 Å². The van der Waals surface area contributed by atoms with Crippen LogP contribution in [0.15, 0.2) is 60.7 Å². The van der Waals surface area contributed by atoms with Crippen LogP contribution in [0, 0.1) is 0 Å². The maximum atomic E-state index is 4.45. The van der Waals surface area contributed by atoms with Crippen LogP contribution in [-0.4, -0.2) is 38.9 Å². The summed E-state index contributed by atoms with van der Waals surface area (Å²) in [5, 5.41) is 4.45. The third-order valence-electron chi connectivity index (χ3n) is 3.78. The van der Waals surface area contributed by atoms with Gasteiger partial charge in [-0.1, -0.05) is 0 Å². The third kappa shape index (κ3) is 2.65. The average Bonchev–Trinajstić information content (AvgIpc) is 3.04. The van der Waals surface area contributed by atoms with Gasteiger partial charge in [-0.15, -0.1) is 0 Å². The van der Waals surface area contributed by atoms with Gasteiger partial charge in [-0.3, -0.25) is 0 Å². The molecule has 0 saturated carbocycles. The quantitative estimate of drug-likeness (QED) is 0.614. The number of hydrogen-bond acceptors (Lipinski definition) is 2. The number of nitrogens with zero attached hydrogens (tertiary/aromatic N) is 2. The monoisotopic (exact) mass is 406 g/mol. The van der Waals surface area contributed by atoms with Gasteiger partial charge in [-0.05, 0) is 0 Å². The van der Waals surface area contributed by atoms with Crippen molar-refractivity contribution < 1.29 is 0 Å². The molecule has 4 heteroatoms. The molecule has 21 heavy (non-hydrogen) atoms. The maximum absolute atomic E-state index is 4.45. The summed E-state index contributed by atoms with van der Waals surface area (Å²) in [6.07, 6.45) is 1.08. The molecule has 2 aromatic carbocycles. The van der Waals surface area contributed by atoms with E-state index in [0.717, 1.165) is 6.42 Å². The number of fused-ring (bicyclic) bond motifs is 1. The summed E-state index contributed by atoms with van der Waals surface area (Å²) in [7, 11) is 0. The molecule has 0 spiro atoms. The molecule has 1 aliphatic rings. The van der Waals surface area contributed by atoms with E-state index in [-0.39, 0.29) is 14.7 Å². The SMILES string of the molecule is c1ccc(C2Cc3nn[se]c3C(c3ccccc3)[Se]2)cc1. The van der Waals surface area contributed by atoms with Crippen molar-refractivity contribution in [2.24, 2.45) is 0 Å². The molecule has 0 aliphatic carbocycles. The number of rotatable bonds is 2. The molecule has 104 valence electrons. The van der Waals surface area contributed by atoms with E-state index < -0.39 is 0 Å². The summed E-state index contributed by atoms with van der Waals surface area (Å²) in [6.45, 7) is 0. The zero-order chi connectivity index (χ0) is 14.1. The van der Waals surface area contributed by atoms with Crippen molar-refractivity contribution in [3.05, 3.63) is 81.9 Å². The summed E-state index contributed by atoms with van der Waals surface area (Å²) in [5.74, 6) is 0. The van der Waals surface area contributed by atoms with Crippen molar-refractivity contribution in [1.82, 2.24) is 9.19 Å². The Morgan fingerprint density at radius 2 is 1.52 bits per heavy atom. The first-order chi connectivity index (χ1) is 10.4. The fourth-order valence-corrected chi connectivity index (χ4v) is 8.33. The summed E-state index contributed by atoms with van der Waals surface area (Å²) < 4.78 is 5.88. The summed E-state index contributed by atoms with van der Waals surface area (Å²) in [6, 6.07) is 21.8. The Kier molecular flexibility index (Phi) is 3.79. The number of hydrogen-bond donors (Lipinski definition) is 0. The van der Waals surface area contributed by atoms with Crippen molar-refractivity contribution in [2.75, 3.05) is 0 Å². The Morgan fingerprint density at radius 3 is 2.24 bits per heavy atom. The van der Waals surface area contributed by atoms with Crippen LogP contribution in [0.2, 0.25) is 0 Å². The molecule has 0 saturated heterocycles. The van der Waals surface area contributed by atoms with Gasteiger partial charge in [-0.2, -0.15) is 0 Å². The van der Waals surface area contributed by atoms with Gasteiger partial charge in [0.2, 0.25) is 0 Å². The van der Waals surface area contributed by atoms with E-state index in [2.05, 4.69) is 69.9 Å². The van der Waals surface area contributed by atoms with E-state index in [9.17, 15) is 0 Å². The molecular formula is C17H14N2Se2. The molecule has 4 rings (SSSR count). The van der Waals surface area contributed by atoms with Crippen molar-refractivity contribution in [3.8, 4) is 0 Å². The average molecular weight is 404 g/mol. The first-order valence-corrected chi connectivity index (χ1v) is 10.6. The molecular weight excluding hydrogens is 390 g/mol. The molecule has 2 heterocycles.